The Balaban J connectivity index is 1.87. The molecule has 1 aromatic carbocycles. The van der Waals surface area contributed by atoms with Crippen molar-refractivity contribution in [2.75, 3.05) is 12.0 Å². The quantitative estimate of drug-likeness (QED) is 0.645. The fraction of sp³-hybridized carbons (Fsp3) is 0.476. The number of rotatable bonds is 8. The number of carboxylic acid groups (broad SMARTS) is 1. The van der Waals surface area contributed by atoms with Crippen LogP contribution in [0.15, 0.2) is 21.3 Å². The Hall–Kier alpha value is -2.48. The molecule has 0 saturated carbocycles. The molecule has 0 fully saturated rings. The number of aliphatic carboxylic acids is 1. The zero-order chi connectivity index (χ0) is 21.1. The molecular formula is C21H24NO6S-. The average Bonchev–Trinajstić information content (AvgIpc) is 3.14. The largest absolute Gasteiger partial charge is 0.548 e. The second-order valence-corrected chi connectivity index (χ2v) is 8.24. The summed E-state index contributed by atoms with van der Waals surface area (Å²) in [5.74, 6) is -0.815. The van der Waals surface area contributed by atoms with Crippen LogP contribution in [0.3, 0.4) is 0 Å². The van der Waals surface area contributed by atoms with Gasteiger partial charge in [-0.3, -0.25) is 4.79 Å². The van der Waals surface area contributed by atoms with Crippen LogP contribution in [0.2, 0.25) is 0 Å². The Morgan fingerprint density at radius 1 is 1.31 bits per heavy atom. The van der Waals surface area contributed by atoms with E-state index in [9.17, 15) is 19.5 Å². The van der Waals surface area contributed by atoms with E-state index >= 15 is 0 Å². The second kappa shape index (κ2) is 8.90. The van der Waals surface area contributed by atoms with Crippen molar-refractivity contribution in [3.63, 3.8) is 0 Å². The summed E-state index contributed by atoms with van der Waals surface area (Å²) in [7, 11) is 0. The van der Waals surface area contributed by atoms with Gasteiger partial charge in [-0.05, 0) is 74.8 Å². The van der Waals surface area contributed by atoms with Crippen molar-refractivity contribution in [3.8, 4) is 5.75 Å². The number of benzene rings is 1. The predicted molar refractivity (Wildman–Crippen MR) is 109 cm³/mol. The predicted octanol–water partition coefficient (Wildman–Crippen LogP) is 1.35. The van der Waals surface area contributed by atoms with E-state index in [-0.39, 0.29) is 12.0 Å². The molecule has 0 radical (unpaired) electrons. The summed E-state index contributed by atoms with van der Waals surface area (Å²) >= 11 is 1.49. The van der Waals surface area contributed by atoms with Gasteiger partial charge in [0.15, 0.2) is 6.10 Å². The molecule has 1 amide bonds. The molecule has 0 spiro atoms. The summed E-state index contributed by atoms with van der Waals surface area (Å²) in [5, 5.41) is 14.5. The van der Waals surface area contributed by atoms with Crippen LogP contribution in [-0.4, -0.2) is 36.0 Å². The summed E-state index contributed by atoms with van der Waals surface area (Å²) < 4.78 is 11.4. The lowest BCUT2D eigenvalue weighted by Gasteiger charge is -2.23. The maximum Gasteiger partial charge on any atom is 0.339 e. The number of ether oxygens (including phenoxy) is 1. The van der Waals surface area contributed by atoms with E-state index in [1.807, 2.05) is 13.2 Å². The third-order valence-corrected chi connectivity index (χ3v) is 5.71. The molecule has 1 aliphatic carbocycles. The summed E-state index contributed by atoms with van der Waals surface area (Å²) in [6, 6.07) is 2.51. The number of fused-ring (bicyclic) bond motifs is 3. The first-order chi connectivity index (χ1) is 13.8. The molecule has 156 valence electrons. The van der Waals surface area contributed by atoms with Gasteiger partial charge in [-0.25, -0.2) is 4.79 Å². The van der Waals surface area contributed by atoms with Crippen molar-refractivity contribution >= 4 is 34.6 Å². The Labute approximate surface area is 172 Å². The van der Waals surface area contributed by atoms with Crippen LogP contribution in [-0.2, 0) is 22.4 Å². The number of hydrogen-bond donors (Lipinski definition) is 1. The van der Waals surface area contributed by atoms with E-state index in [2.05, 4.69) is 5.32 Å². The van der Waals surface area contributed by atoms with E-state index in [0.29, 0.717) is 34.5 Å². The zero-order valence-corrected chi connectivity index (χ0v) is 17.5. The molecule has 0 aliphatic heterocycles. The van der Waals surface area contributed by atoms with Crippen LogP contribution >= 0.6 is 11.8 Å². The molecule has 29 heavy (non-hydrogen) atoms. The Bertz CT molecular complexity index is 999. The minimum Gasteiger partial charge on any atom is -0.548 e. The maximum atomic E-state index is 12.5. The highest BCUT2D eigenvalue weighted by atomic mass is 32.2. The minimum absolute atomic E-state index is 0.272. The third-order valence-electron chi connectivity index (χ3n) is 5.06. The van der Waals surface area contributed by atoms with Crippen LogP contribution in [0.5, 0.6) is 5.75 Å². The monoisotopic (exact) mass is 418 g/mol. The Morgan fingerprint density at radius 2 is 2.03 bits per heavy atom. The highest BCUT2D eigenvalue weighted by Crippen LogP contribution is 2.35. The van der Waals surface area contributed by atoms with Gasteiger partial charge < -0.3 is 24.4 Å². The molecule has 2 atom stereocenters. The van der Waals surface area contributed by atoms with Crippen molar-refractivity contribution in [3.05, 3.63) is 39.2 Å². The summed E-state index contributed by atoms with van der Waals surface area (Å²) in [5.41, 5.74) is 2.52. The first kappa shape index (κ1) is 21.2. The minimum atomic E-state index is -1.32. The molecule has 0 unspecified atom stereocenters. The molecule has 3 rings (SSSR count). The number of amides is 1. The van der Waals surface area contributed by atoms with E-state index < -0.39 is 24.0 Å². The zero-order valence-electron chi connectivity index (χ0n) is 16.7. The highest BCUT2D eigenvalue weighted by molar-refractivity contribution is 7.98. The standard InChI is InChI=1S/C21H25NO6S/c1-11-9-16(18-13-5-4-6-14(13)21(26)28-17(18)10-11)27-12(2)19(23)22-15(20(24)25)7-8-29-3/h9-10,12,15H,4-8H2,1-3H3,(H,22,23)(H,24,25)/p-1/t12-,15-/m0/s1. The summed E-state index contributed by atoms with van der Waals surface area (Å²) in [4.78, 5) is 36.0. The molecule has 1 heterocycles. The SMILES string of the molecule is CSCC[C@H](NC(=O)[C@H](C)Oc1cc(C)cc2oc(=O)c3c(c12)CCC3)C(=O)[O-]. The maximum absolute atomic E-state index is 12.5. The first-order valence-electron chi connectivity index (χ1n) is 9.57. The van der Waals surface area contributed by atoms with E-state index in [1.54, 1.807) is 19.1 Å². The van der Waals surface area contributed by atoms with E-state index in [0.717, 1.165) is 24.0 Å². The number of hydrogen-bond acceptors (Lipinski definition) is 7. The molecule has 1 aliphatic rings. The number of nitrogens with one attached hydrogen (secondary N) is 1. The van der Waals surface area contributed by atoms with Crippen LogP contribution in [0.1, 0.15) is 36.5 Å². The molecule has 1 N–H and O–H groups in total. The van der Waals surface area contributed by atoms with E-state index in [4.69, 9.17) is 9.15 Å². The van der Waals surface area contributed by atoms with Gasteiger partial charge in [-0.2, -0.15) is 11.8 Å². The lowest BCUT2D eigenvalue weighted by atomic mass is 10.0. The molecule has 1 aromatic heterocycles. The lowest BCUT2D eigenvalue weighted by molar-refractivity contribution is -0.308. The third kappa shape index (κ3) is 4.58. The summed E-state index contributed by atoms with van der Waals surface area (Å²) in [6.07, 6.45) is 3.48. The molecule has 7 nitrogen and oxygen atoms in total. The molecule has 8 heteroatoms. The first-order valence-corrected chi connectivity index (χ1v) is 11.0. The van der Waals surface area contributed by atoms with Gasteiger partial charge >= 0.3 is 5.63 Å². The van der Waals surface area contributed by atoms with Crippen LogP contribution < -0.4 is 20.8 Å². The van der Waals surface area contributed by atoms with Crippen LogP contribution in [0, 0.1) is 6.92 Å². The topological polar surface area (TPSA) is 109 Å². The van der Waals surface area contributed by atoms with Crippen molar-refractivity contribution in [1.29, 1.82) is 0 Å². The Morgan fingerprint density at radius 3 is 2.72 bits per heavy atom. The average molecular weight is 418 g/mol. The van der Waals surface area contributed by atoms with Crippen molar-refractivity contribution < 1.29 is 23.8 Å². The molecule has 2 aromatic rings. The summed E-state index contributed by atoms with van der Waals surface area (Å²) in [6.45, 7) is 3.41. The number of carboxylic acids is 1. The molecular weight excluding hydrogens is 394 g/mol. The smallest absolute Gasteiger partial charge is 0.339 e. The van der Waals surface area contributed by atoms with Crippen molar-refractivity contribution in [2.24, 2.45) is 0 Å². The van der Waals surface area contributed by atoms with Gasteiger partial charge in [-0.1, -0.05) is 0 Å². The molecule has 0 bridgehead atoms. The second-order valence-electron chi connectivity index (χ2n) is 7.26. The fourth-order valence-electron chi connectivity index (χ4n) is 3.62. The van der Waals surface area contributed by atoms with Crippen LogP contribution in [0.4, 0.5) is 0 Å². The number of carbonyl (C=O) groups is 2. The fourth-order valence-corrected chi connectivity index (χ4v) is 4.09. The number of carbonyl (C=O) groups excluding carboxylic acids is 2. The van der Waals surface area contributed by atoms with Crippen molar-refractivity contribution in [2.45, 2.75) is 51.7 Å². The van der Waals surface area contributed by atoms with Crippen molar-refractivity contribution in [1.82, 2.24) is 5.32 Å². The van der Waals surface area contributed by atoms with Gasteiger partial charge in [0, 0.05) is 5.56 Å². The molecule has 0 saturated heterocycles. The van der Waals surface area contributed by atoms with E-state index in [1.165, 1.54) is 11.8 Å². The highest BCUT2D eigenvalue weighted by Gasteiger charge is 2.25. The van der Waals surface area contributed by atoms with Gasteiger partial charge in [-0.15, -0.1) is 0 Å². The number of thioether (sulfide) groups is 1. The van der Waals surface area contributed by atoms with Gasteiger partial charge in [0.25, 0.3) is 5.91 Å². The lowest BCUT2D eigenvalue weighted by Crippen LogP contribution is -2.51. The normalized spacial score (nSPS) is 15.0. The Kier molecular flexibility index (Phi) is 6.52. The van der Waals surface area contributed by atoms with Crippen LogP contribution in [0.25, 0.3) is 11.0 Å². The van der Waals surface area contributed by atoms with Gasteiger partial charge in [0.2, 0.25) is 0 Å². The number of aryl methyl sites for hydroxylation is 2. The van der Waals surface area contributed by atoms with Gasteiger partial charge in [0.05, 0.1) is 17.4 Å². The van der Waals surface area contributed by atoms with Gasteiger partial charge in [0.1, 0.15) is 11.3 Å².